The number of anilines is 1. The molecule has 2 amide bonds. The summed E-state index contributed by atoms with van der Waals surface area (Å²) in [5.41, 5.74) is 0.356. The molecule has 0 aliphatic rings. The second-order valence-corrected chi connectivity index (χ2v) is 5.63. The number of carboxylic acid groups (broad SMARTS) is 1. The van der Waals surface area contributed by atoms with Gasteiger partial charge in [-0.3, -0.25) is 4.79 Å². The quantitative estimate of drug-likeness (QED) is 0.823. The number of amides is 2. The van der Waals surface area contributed by atoms with E-state index in [2.05, 4.69) is 5.32 Å². The molecule has 0 heterocycles. The molecule has 0 saturated carbocycles. The summed E-state index contributed by atoms with van der Waals surface area (Å²) in [6.07, 6.45) is 0.403. The van der Waals surface area contributed by atoms with Crippen molar-refractivity contribution in [2.45, 2.75) is 32.7 Å². The third kappa shape index (κ3) is 5.44. The first kappa shape index (κ1) is 17.6. The molecule has 0 fully saturated rings. The average molecular weight is 333 g/mol. The van der Waals surface area contributed by atoms with Gasteiger partial charge in [-0.1, -0.05) is 29.3 Å². The van der Waals surface area contributed by atoms with Crippen molar-refractivity contribution in [2.24, 2.45) is 0 Å². The molecule has 0 unspecified atom stereocenters. The van der Waals surface area contributed by atoms with E-state index < -0.39 is 5.97 Å². The Labute approximate surface area is 133 Å². The maximum absolute atomic E-state index is 12.3. The van der Waals surface area contributed by atoms with Gasteiger partial charge in [0.15, 0.2) is 0 Å². The van der Waals surface area contributed by atoms with Gasteiger partial charge in [0.25, 0.3) is 0 Å². The number of nitrogens with zero attached hydrogens (tertiary/aromatic N) is 1. The first-order valence-electron chi connectivity index (χ1n) is 6.56. The van der Waals surface area contributed by atoms with E-state index in [-0.39, 0.29) is 18.5 Å². The molecule has 0 spiro atoms. The summed E-state index contributed by atoms with van der Waals surface area (Å²) in [4.78, 5) is 24.4. The Morgan fingerprint density at radius 1 is 1.29 bits per heavy atom. The number of hydrogen-bond donors (Lipinski definition) is 2. The molecule has 0 aliphatic carbocycles. The first-order valence-corrected chi connectivity index (χ1v) is 7.32. The number of halogens is 2. The molecular weight excluding hydrogens is 315 g/mol. The molecule has 7 heteroatoms. The van der Waals surface area contributed by atoms with Crippen LogP contribution in [-0.4, -0.2) is 34.6 Å². The van der Waals surface area contributed by atoms with Crippen molar-refractivity contribution in [2.75, 3.05) is 11.9 Å². The molecule has 1 rings (SSSR count). The van der Waals surface area contributed by atoms with Crippen molar-refractivity contribution in [3.63, 3.8) is 0 Å². The number of aliphatic carboxylic acids is 1. The van der Waals surface area contributed by atoms with Gasteiger partial charge in [0, 0.05) is 19.0 Å². The van der Waals surface area contributed by atoms with Gasteiger partial charge in [-0.05, 0) is 32.4 Å². The summed E-state index contributed by atoms with van der Waals surface area (Å²) in [5.74, 6) is -0.881. The topological polar surface area (TPSA) is 69.6 Å². The van der Waals surface area contributed by atoms with Crippen LogP contribution in [0.2, 0.25) is 10.0 Å². The largest absolute Gasteiger partial charge is 0.481 e. The SMILES string of the molecule is CC(C)N(CCCC(=O)O)C(=O)Nc1c(Cl)cccc1Cl. The molecular formula is C14H18Cl2N2O3. The van der Waals surface area contributed by atoms with Crippen LogP contribution >= 0.6 is 23.2 Å². The standard InChI is InChI=1S/C14H18Cl2N2O3/c1-9(2)18(8-4-7-12(19)20)14(21)17-13-10(15)5-3-6-11(13)16/h3,5-6,9H,4,7-8H2,1-2H3,(H,17,21)(H,19,20). The van der Waals surface area contributed by atoms with E-state index in [1.807, 2.05) is 13.8 Å². The first-order chi connectivity index (χ1) is 9.82. The summed E-state index contributed by atoms with van der Waals surface area (Å²) in [6, 6.07) is 4.53. The zero-order valence-corrected chi connectivity index (χ0v) is 13.4. The molecule has 116 valence electrons. The highest BCUT2D eigenvalue weighted by molar-refractivity contribution is 6.39. The smallest absolute Gasteiger partial charge is 0.322 e. The molecule has 1 aromatic rings. The van der Waals surface area contributed by atoms with Crippen LogP contribution in [0.1, 0.15) is 26.7 Å². The fraction of sp³-hybridized carbons (Fsp3) is 0.429. The number of carbonyl (C=O) groups excluding carboxylic acids is 1. The van der Waals surface area contributed by atoms with Crippen LogP contribution in [0.4, 0.5) is 10.5 Å². The molecule has 0 bridgehead atoms. The number of para-hydroxylation sites is 1. The number of hydrogen-bond acceptors (Lipinski definition) is 2. The Morgan fingerprint density at radius 2 is 1.86 bits per heavy atom. The lowest BCUT2D eigenvalue weighted by Gasteiger charge is -2.27. The average Bonchev–Trinajstić information content (AvgIpc) is 2.38. The monoisotopic (exact) mass is 332 g/mol. The summed E-state index contributed by atoms with van der Waals surface area (Å²) < 4.78 is 0. The van der Waals surface area contributed by atoms with Crippen LogP contribution in [-0.2, 0) is 4.79 Å². The minimum atomic E-state index is -0.881. The highest BCUT2D eigenvalue weighted by Gasteiger charge is 2.19. The summed E-state index contributed by atoms with van der Waals surface area (Å²) in [6.45, 7) is 4.06. The van der Waals surface area contributed by atoms with Crippen molar-refractivity contribution < 1.29 is 14.7 Å². The van der Waals surface area contributed by atoms with E-state index in [0.29, 0.717) is 28.7 Å². The number of nitrogens with one attached hydrogen (secondary N) is 1. The lowest BCUT2D eigenvalue weighted by molar-refractivity contribution is -0.137. The van der Waals surface area contributed by atoms with Gasteiger partial charge in [0.2, 0.25) is 0 Å². The Bertz CT molecular complexity index is 501. The van der Waals surface area contributed by atoms with Crippen molar-refractivity contribution in [1.82, 2.24) is 4.90 Å². The lowest BCUT2D eigenvalue weighted by Crippen LogP contribution is -2.41. The highest BCUT2D eigenvalue weighted by atomic mass is 35.5. The van der Waals surface area contributed by atoms with Gasteiger partial charge >= 0.3 is 12.0 Å². The zero-order valence-electron chi connectivity index (χ0n) is 11.9. The zero-order chi connectivity index (χ0) is 16.0. The number of rotatable bonds is 6. The molecule has 21 heavy (non-hydrogen) atoms. The van der Waals surface area contributed by atoms with Gasteiger partial charge in [-0.2, -0.15) is 0 Å². The minimum Gasteiger partial charge on any atom is -0.481 e. The number of carboxylic acids is 1. The number of benzene rings is 1. The fourth-order valence-corrected chi connectivity index (χ4v) is 2.28. The Hall–Kier alpha value is -1.46. The van der Waals surface area contributed by atoms with E-state index in [0.717, 1.165) is 0 Å². The number of urea groups is 1. The molecule has 2 N–H and O–H groups in total. The van der Waals surface area contributed by atoms with Crippen molar-refractivity contribution in [3.8, 4) is 0 Å². The molecule has 0 aliphatic heterocycles. The highest BCUT2D eigenvalue weighted by Crippen LogP contribution is 2.30. The minimum absolute atomic E-state index is 0.0172. The predicted octanol–water partition coefficient (Wildman–Crippen LogP) is 4.10. The van der Waals surface area contributed by atoms with Gasteiger partial charge in [0.05, 0.1) is 15.7 Å². The Morgan fingerprint density at radius 3 is 2.33 bits per heavy atom. The van der Waals surface area contributed by atoms with E-state index >= 15 is 0 Å². The third-order valence-corrected chi connectivity index (χ3v) is 3.50. The van der Waals surface area contributed by atoms with E-state index in [1.165, 1.54) is 0 Å². The van der Waals surface area contributed by atoms with E-state index in [4.69, 9.17) is 28.3 Å². The second-order valence-electron chi connectivity index (χ2n) is 4.81. The molecule has 0 saturated heterocycles. The predicted molar refractivity (Wildman–Crippen MR) is 84.2 cm³/mol. The molecule has 1 aromatic carbocycles. The molecule has 5 nitrogen and oxygen atoms in total. The fourth-order valence-electron chi connectivity index (χ4n) is 1.79. The normalized spacial score (nSPS) is 10.5. The Kier molecular flexibility index (Phi) is 6.78. The van der Waals surface area contributed by atoms with Gasteiger partial charge in [0.1, 0.15) is 0 Å². The van der Waals surface area contributed by atoms with Crippen LogP contribution in [0.5, 0.6) is 0 Å². The lowest BCUT2D eigenvalue weighted by atomic mass is 10.2. The van der Waals surface area contributed by atoms with E-state index in [1.54, 1.807) is 23.1 Å². The van der Waals surface area contributed by atoms with Crippen molar-refractivity contribution >= 4 is 40.9 Å². The third-order valence-electron chi connectivity index (χ3n) is 2.87. The summed E-state index contributed by atoms with van der Waals surface area (Å²) in [7, 11) is 0. The molecule has 0 radical (unpaired) electrons. The van der Waals surface area contributed by atoms with Crippen LogP contribution < -0.4 is 5.32 Å². The Balaban J connectivity index is 2.75. The van der Waals surface area contributed by atoms with Crippen molar-refractivity contribution in [3.05, 3.63) is 28.2 Å². The number of carbonyl (C=O) groups is 2. The molecule has 0 aromatic heterocycles. The van der Waals surface area contributed by atoms with Gasteiger partial charge in [-0.15, -0.1) is 0 Å². The van der Waals surface area contributed by atoms with Crippen LogP contribution in [0.25, 0.3) is 0 Å². The van der Waals surface area contributed by atoms with E-state index in [9.17, 15) is 9.59 Å². The van der Waals surface area contributed by atoms with Gasteiger partial charge in [-0.25, -0.2) is 4.79 Å². The second kappa shape index (κ2) is 8.10. The summed E-state index contributed by atoms with van der Waals surface area (Å²) >= 11 is 12.0. The van der Waals surface area contributed by atoms with Crippen molar-refractivity contribution in [1.29, 1.82) is 0 Å². The van der Waals surface area contributed by atoms with Gasteiger partial charge < -0.3 is 15.3 Å². The summed E-state index contributed by atoms with van der Waals surface area (Å²) in [5, 5.41) is 12.0. The van der Waals surface area contributed by atoms with Crippen LogP contribution in [0.15, 0.2) is 18.2 Å². The van der Waals surface area contributed by atoms with Crippen LogP contribution in [0.3, 0.4) is 0 Å². The van der Waals surface area contributed by atoms with Crippen LogP contribution in [0, 0.1) is 0 Å². The maximum Gasteiger partial charge on any atom is 0.322 e. The maximum atomic E-state index is 12.3. The molecule has 0 atom stereocenters.